The lowest BCUT2D eigenvalue weighted by Crippen LogP contribution is -2.25. The van der Waals surface area contributed by atoms with Crippen LogP contribution in [0.15, 0.2) is 17.1 Å². The van der Waals surface area contributed by atoms with Gasteiger partial charge in [0.25, 0.3) is 0 Å². The number of nitrogens with zero attached hydrogens (tertiary/aromatic N) is 2. The molecule has 0 amide bonds. The van der Waals surface area contributed by atoms with Gasteiger partial charge in [-0.15, -0.1) is 0 Å². The summed E-state index contributed by atoms with van der Waals surface area (Å²) >= 11 is 0. The maximum absolute atomic E-state index is 15.6. The predicted octanol–water partition coefficient (Wildman–Crippen LogP) is 3.94. The minimum atomic E-state index is -1.38. The molecule has 1 saturated heterocycles. The lowest BCUT2D eigenvalue weighted by atomic mass is 9.82. The number of aromatic carboxylic acids is 1. The molecule has 148 valence electrons. The van der Waals surface area contributed by atoms with Crippen molar-refractivity contribution in [1.29, 1.82) is 0 Å². The van der Waals surface area contributed by atoms with Crippen molar-refractivity contribution in [3.05, 3.63) is 39.7 Å². The summed E-state index contributed by atoms with van der Waals surface area (Å²) in [5.41, 5.74) is -1.32. The van der Waals surface area contributed by atoms with E-state index in [2.05, 4.69) is 0 Å². The van der Waals surface area contributed by atoms with Gasteiger partial charge in [-0.2, -0.15) is 0 Å². The van der Waals surface area contributed by atoms with Crippen LogP contribution in [0.3, 0.4) is 0 Å². The van der Waals surface area contributed by atoms with E-state index in [1.807, 2.05) is 0 Å². The second-order valence-corrected chi connectivity index (χ2v) is 8.44. The molecule has 2 heterocycles. The van der Waals surface area contributed by atoms with Crippen LogP contribution in [0.5, 0.6) is 0 Å². The number of carboxylic acid groups (broad SMARTS) is 1. The molecule has 5 nitrogen and oxygen atoms in total. The van der Waals surface area contributed by atoms with Crippen LogP contribution < -0.4 is 10.3 Å². The quantitative estimate of drug-likeness (QED) is 0.865. The van der Waals surface area contributed by atoms with Crippen LogP contribution in [-0.4, -0.2) is 28.7 Å². The van der Waals surface area contributed by atoms with Crippen molar-refractivity contribution in [2.45, 2.75) is 44.6 Å². The zero-order valence-corrected chi connectivity index (χ0v) is 15.5. The zero-order chi connectivity index (χ0) is 19.6. The van der Waals surface area contributed by atoms with Crippen molar-refractivity contribution in [3.63, 3.8) is 0 Å². The minimum absolute atomic E-state index is 0.0313. The zero-order valence-electron chi connectivity index (χ0n) is 15.5. The highest BCUT2D eigenvalue weighted by molar-refractivity contribution is 5.94. The molecule has 1 aromatic carbocycles. The molecule has 28 heavy (non-hydrogen) atoms. The van der Waals surface area contributed by atoms with Gasteiger partial charge in [0.1, 0.15) is 17.1 Å². The average Bonchev–Trinajstić information content (AvgIpc) is 3.41. The Morgan fingerprint density at radius 1 is 1.07 bits per heavy atom. The van der Waals surface area contributed by atoms with Crippen LogP contribution in [-0.2, 0) is 0 Å². The third-order valence-electron chi connectivity index (χ3n) is 6.65. The van der Waals surface area contributed by atoms with Gasteiger partial charge in [0.2, 0.25) is 5.43 Å². The first-order valence-electron chi connectivity index (χ1n) is 10.0. The molecule has 0 spiro atoms. The summed E-state index contributed by atoms with van der Waals surface area (Å²) in [6.07, 6.45) is 7.31. The number of carbonyl (C=O) groups is 1. The fraction of sp³-hybridized carbons (Fsp3) is 0.524. The molecule has 3 fully saturated rings. The van der Waals surface area contributed by atoms with Crippen LogP contribution in [0.25, 0.3) is 10.9 Å². The number of hydrogen-bond donors (Lipinski definition) is 1. The molecule has 0 bridgehead atoms. The van der Waals surface area contributed by atoms with Crippen LogP contribution in [0, 0.1) is 23.5 Å². The lowest BCUT2D eigenvalue weighted by Gasteiger charge is -2.22. The molecule has 1 N–H and O–H groups in total. The van der Waals surface area contributed by atoms with E-state index in [1.54, 1.807) is 4.90 Å². The molecule has 2 atom stereocenters. The average molecular weight is 388 g/mol. The summed E-state index contributed by atoms with van der Waals surface area (Å²) < 4.78 is 32.2. The molecule has 1 aromatic heterocycles. The Morgan fingerprint density at radius 3 is 2.29 bits per heavy atom. The van der Waals surface area contributed by atoms with E-state index in [0.717, 1.165) is 44.6 Å². The summed E-state index contributed by atoms with van der Waals surface area (Å²) in [4.78, 5) is 25.8. The number of rotatable bonds is 3. The van der Waals surface area contributed by atoms with Crippen LogP contribution >= 0.6 is 0 Å². The third-order valence-corrected chi connectivity index (χ3v) is 6.65. The van der Waals surface area contributed by atoms with E-state index in [1.165, 1.54) is 10.8 Å². The summed E-state index contributed by atoms with van der Waals surface area (Å²) in [6.45, 7) is 1.26. The molecule has 0 unspecified atom stereocenters. The number of hydrogen-bond acceptors (Lipinski definition) is 3. The highest BCUT2D eigenvalue weighted by atomic mass is 19.1. The first-order valence-corrected chi connectivity index (χ1v) is 10.0. The Bertz CT molecular complexity index is 1030. The van der Waals surface area contributed by atoms with Gasteiger partial charge in [0, 0.05) is 25.3 Å². The largest absolute Gasteiger partial charge is 0.477 e. The second-order valence-electron chi connectivity index (χ2n) is 8.44. The summed E-state index contributed by atoms with van der Waals surface area (Å²) in [7, 11) is 0. The first kappa shape index (κ1) is 17.6. The van der Waals surface area contributed by atoms with Crippen molar-refractivity contribution in [3.8, 4) is 0 Å². The van der Waals surface area contributed by atoms with Gasteiger partial charge in [0.05, 0.1) is 10.9 Å². The van der Waals surface area contributed by atoms with Gasteiger partial charge >= 0.3 is 5.97 Å². The highest BCUT2D eigenvalue weighted by Gasteiger charge is 2.38. The number of anilines is 1. The molecule has 2 saturated carbocycles. The number of fused-ring (bicyclic) bond motifs is 2. The third kappa shape index (κ3) is 2.63. The van der Waals surface area contributed by atoms with Gasteiger partial charge < -0.3 is 14.6 Å². The molecule has 1 aliphatic heterocycles. The Balaban J connectivity index is 1.70. The van der Waals surface area contributed by atoms with Gasteiger partial charge in [-0.25, -0.2) is 13.6 Å². The molecular formula is C21H22F2N2O3. The molecule has 2 aromatic rings. The van der Waals surface area contributed by atoms with Crippen LogP contribution in [0.4, 0.5) is 14.5 Å². The molecule has 7 heteroatoms. The number of benzene rings is 1. The van der Waals surface area contributed by atoms with Crippen molar-refractivity contribution in [2.24, 2.45) is 11.8 Å². The van der Waals surface area contributed by atoms with Crippen molar-refractivity contribution < 1.29 is 18.7 Å². The fourth-order valence-corrected chi connectivity index (χ4v) is 5.10. The van der Waals surface area contributed by atoms with E-state index in [9.17, 15) is 19.1 Å². The van der Waals surface area contributed by atoms with Crippen LogP contribution in [0.1, 0.15) is 54.9 Å². The molecule has 2 aliphatic carbocycles. The minimum Gasteiger partial charge on any atom is -0.477 e. The van der Waals surface area contributed by atoms with Gasteiger partial charge in [0.15, 0.2) is 5.82 Å². The Hall–Kier alpha value is -2.44. The Kier molecular flexibility index (Phi) is 3.96. The highest BCUT2D eigenvalue weighted by Crippen LogP contribution is 2.42. The van der Waals surface area contributed by atoms with Gasteiger partial charge in [-0.3, -0.25) is 4.79 Å². The number of halogens is 2. The molecule has 5 rings (SSSR count). The van der Waals surface area contributed by atoms with Crippen LogP contribution in [0.2, 0.25) is 0 Å². The summed E-state index contributed by atoms with van der Waals surface area (Å²) in [5, 5.41) is 9.13. The van der Waals surface area contributed by atoms with Gasteiger partial charge in [-0.1, -0.05) is 12.8 Å². The smallest absolute Gasteiger partial charge is 0.341 e. The van der Waals surface area contributed by atoms with Crippen molar-refractivity contribution in [2.75, 3.05) is 18.0 Å². The van der Waals surface area contributed by atoms with E-state index >= 15 is 4.39 Å². The van der Waals surface area contributed by atoms with E-state index in [-0.39, 0.29) is 22.6 Å². The van der Waals surface area contributed by atoms with Gasteiger partial charge in [-0.05, 0) is 43.6 Å². The lowest BCUT2D eigenvalue weighted by molar-refractivity contribution is 0.0695. The first-order chi connectivity index (χ1) is 13.5. The Morgan fingerprint density at radius 2 is 1.71 bits per heavy atom. The van der Waals surface area contributed by atoms with E-state index in [4.69, 9.17) is 0 Å². The fourth-order valence-electron chi connectivity index (χ4n) is 5.10. The molecular weight excluding hydrogens is 366 g/mol. The molecule has 3 aliphatic rings. The summed E-state index contributed by atoms with van der Waals surface area (Å²) in [5.74, 6) is -1.98. The van der Waals surface area contributed by atoms with Crippen molar-refractivity contribution in [1.82, 2.24) is 4.57 Å². The SMILES string of the molecule is O=C(O)c1cn(C2CC2)c2c(F)c(N3C[C@H]4CCCC[C@H]4C3)c(F)cc2c1=O. The predicted molar refractivity (Wildman–Crippen MR) is 101 cm³/mol. The molecule has 0 radical (unpaired) electrons. The monoisotopic (exact) mass is 388 g/mol. The Labute approximate surface area is 160 Å². The normalized spacial score (nSPS) is 24.6. The number of aromatic nitrogens is 1. The second kappa shape index (κ2) is 6.29. The standard InChI is InChI=1S/C21H22F2N2O3/c22-16-7-14-18(25(13-5-6-13)10-15(20(14)26)21(27)28)17(23)19(16)24-8-11-3-1-2-4-12(11)9-24/h7,10-13H,1-6,8-9H2,(H,27,28)/t11-,12+. The number of carboxylic acids is 1. The van der Waals surface area contributed by atoms with Crippen molar-refractivity contribution >= 4 is 22.6 Å². The topological polar surface area (TPSA) is 62.5 Å². The number of pyridine rings is 1. The van der Waals surface area contributed by atoms with E-state index < -0.39 is 28.6 Å². The maximum Gasteiger partial charge on any atom is 0.341 e. The van der Waals surface area contributed by atoms with E-state index in [0.29, 0.717) is 24.9 Å². The summed E-state index contributed by atoms with van der Waals surface area (Å²) in [6, 6.07) is 0.985. The maximum atomic E-state index is 15.6.